The lowest BCUT2D eigenvalue weighted by atomic mass is 9.87. The second kappa shape index (κ2) is 11.5. The van der Waals surface area contributed by atoms with Crippen molar-refractivity contribution in [3.05, 3.63) is 12.7 Å². The van der Waals surface area contributed by atoms with Crippen LogP contribution in [0.25, 0.3) is 11.2 Å². The van der Waals surface area contributed by atoms with E-state index >= 15 is 4.39 Å². The number of hydrogen-bond donors (Lipinski definition) is 3. The van der Waals surface area contributed by atoms with Crippen molar-refractivity contribution in [3.8, 4) is 0 Å². The van der Waals surface area contributed by atoms with Crippen LogP contribution in [0.15, 0.2) is 12.7 Å². The Labute approximate surface area is 237 Å². The Bertz CT molecular complexity index is 1310. The number of aromatic nitrogens is 4. The Morgan fingerprint density at radius 2 is 2.10 bits per heavy atom. The van der Waals surface area contributed by atoms with Crippen molar-refractivity contribution < 1.29 is 46.7 Å². The van der Waals surface area contributed by atoms with E-state index in [1.807, 2.05) is 0 Å². The fourth-order valence-electron chi connectivity index (χ4n) is 4.11. The maximum atomic E-state index is 15.6. The van der Waals surface area contributed by atoms with Gasteiger partial charge in [-0.2, -0.15) is 0 Å². The number of anilines is 1. The number of imidazole rings is 1. The number of rotatable bonds is 9. The molecule has 0 spiro atoms. The molecule has 15 nitrogen and oxygen atoms in total. The summed E-state index contributed by atoms with van der Waals surface area (Å²) in [5.41, 5.74) is 5.25. The first-order chi connectivity index (χ1) is 18.6. The number of alkyl halides is 2. The van der Waals surface area contributed by atoms with Gasteiger partial charge in [-0.15, -0.1) is 0 Å². The minimum absolute atomic E-state index is 0.0286. The zero-order valence-electron chi connectivity index (χ0n) is 22.2. The van der Waals surface area contributed by atoms with Crippen LogP contribution in [0, 0.1) is 5.41 Å². The normalized spacial score (nSPS) is 31.9. The van der Waals surface area contributed by atoms with Crippen molar-refractivity contribution in [3.63, 3.8) is 0 Å². The Balaban J connectivity index is 1.40. The molecule has 2 fully saturated rings. The second-order valence-corrected chi connectivity index (χ2v) is 13.1. The molecule has 2 aliphatic rings. The highest BCUT2D eigenvalue weighted by molar-refractivity contribution is 9.10. The molecule has 2 unspecified atom stereocenters. The molecule has 6 atom stereocenters. The van der Waals surface area contributed by atoms with E-state index in [4.69, 9.17) is 28.8 Å². The Morgan fingerprint density at radius 3 is 2.80 bits per heavy atom. The fraction of sp³-hybridized carbons (Fsp3) is 0.682. The van der Waals surface area contributed by atoms with Crippen molar-refractivity contribution in [1.29, 1.82) is 0 Å². The van der Waals surface area contributed by atoms with E-state index in [9.17, 15) is 19.3 Å². The molecule has 2 saturated heterocycles. The summed E-state index contributed by atoms with van der Waals surface area (Å²) in [6.45, 7) is 5.91. The molecule has 4 rings (SSSR count). The van der Waals surface area contributed by atoms with Crippen molar-refractivity contribution in [1.82, 2.24) is 24.8 Å². The van der Waals surface area contributed by atoms with Crippen LogP contribution in [0.2, 0.25) is 0 Å². The minimum Gasteiger partial charge on any atom is -0.463 e. The number of carbonyl (C=O) groups excluding carboxylic acids is 2. The summed E-state index contributed by atoms with van der Waals surface area (Å²) in [5.74, 6) is -1.05. The van der Waals surface area contributed by atoms with Crippen molar-refractivity contribution >= 4 is 52.6 Å². The van der Waals surface area contributed by atoms with E-state index in [0.29, 0.717) is 0 Å². The number of amides is 1. The molecule has 4 N–H and O–H groups in total. The standard InChI is InChI=1S/C22H31BrFN6O9P/c1-11(2)37-13(31)5-6-26-19(33)16-21(3,4)8-36-40(34,39-16)35-7-12-15(32)22(23,24)20(38-12)30-10-29-14-17(25)27-9-28-18(14)30/h9-12,15-16,20,32H,5-8H2,1-4H3,(H,26,33)(H2,25,27,28)/t12-,15+,16+,20-,22?,40?/m1/s1. The SMILES string of the molecule is CC(C)OC(=O)CCNC(=O)[C@@H]1OP(=O)(OC[C@H]2O[C@@H](n3cnc4c(N)ncnc43)C(F)(Br)[C@H]2O)OCC1(C)C. The number of nitrogens with two attached hydrogens (primary N) is 1. The maximum absolute atomic E-state index is 15.6. The molecule has 1 amide bonds. The van der Waals surface area contributed by atoms with Crippen LogP contribution in [0.5, 0.6) is 0 Å². The average Bonchev–Trinajstić information content (AvgIpc) is 3.38. The Morgan fingerprint density at radius 1 is 1.38 bits per heavy atom. The number of hydrogen-bond acceptors (Lipinski definition) is 13. The average molecular weight is 653 g/mol. The van der Waals surface area contributed by atoms with Gasteiger partial charge in [0.05, 0.1) is 32.1 Å². The number of halogens is 2. The lowest BCUT2D eigenvalue weighted by Crippen LogP contribution is -2.50. The quantitative estimate of drug-likeness (QED) is 0.201. The summed E-state index contributed by atoms with van der Waals surface area (Å²) in [5, 5.41) is 13.2. The number of esters is 1. The smallest absolute Gasteiger partial charge is 0.463 e. The molecule has 222 valence electrons. The van der Waals surface area contributed by atoms with Gasteiger partial charge in [0.2, 0.25) is 10.5 Å². The molecule has 0 aromatic carbocycles. The molecule has 0 saturated carbocycles. The van der Waals surface area contributed by atoms with Crippen molar-refractivity contribution in [2.45, 2.75) is 69.3 Å². The molecular weight excluding hydrogens is 622 g/mol. The molecule has 40 heavy (non-hydrogen) atoms. The summed E-state index contributed by atoms with van der Waals surface area (Å²) in [7, 11) is -4.36. The monoisotopic (exact) mass is 652 g/mol. The third-order valence-corrected chi connectivity index (χ3v) is 8.43. The Kier molecular flexibility index (Phi) is 8.86. The van der Waals surface area contributed by atoms with Crippen LogP contribution in [0.3, 0.4) is 0 Å². The predicted molar refractivity (Wildman–Crippen MR) is 139 cm³/mol. The fourth-order valence-corrected chi connectivity index (χ4v) is 6.39. The molecular formula is C22H31BrFN6O9P. The molecule has 2 aromatic heterocycles. The molecule has 0 aliphatic carbocycles. The van der Waals surface area contributed by atoms with E-state index in [2.05, 4.69) is 36.2 Å². The van der Waals surface area contributed by atoms with Gasteiger partial charge < -0.3 is 25.6 Å². The Hall–Kier alpha value is -2.27. The summed E-state index contributed by atoms with van der Waals surface area (Å²) >= 11 is 2.87. The second-order valence-electron chi connectivity index (χ2n) is 10.3. The molecule has 4 heterocycles. The van der Waals surface area contributed by atoms with Gasteiger partial charge in [0, 0.05) is 12.0 Å². The van der Waals surface area contributed by atoms with Crippen molar-refractivity contribution in [2.24, 2.45) is 5.41 Å². The van der Waals surface area contributed by atoms with Crippen LogP contribution < -0.4 is 11.1 Å². The maximum Gasteiger partial charge on any atom is 0.475 e. The number of aliphatic hydroxyl groups excluding tert-OH is 1. The summed E-state index contributed by atoms with van der Waals surface area (Å²) in [4.78, 5) is 36.5. The number of nitrogens with one attached hydrogen (secondary N) is 1. The zero-order valence-corrected chi connectivity index (χ0v) is 24.6. The van der Waals surface area contributed by atoms with E-state index in [0.717, 1.165) is 0 Å². The van der Waals surface area contributed by atoms with Crippen LogP contribution in [0.1, 0.15) is 40.3 Å². The van der Waals surface area contributed by atoms with Gasteiger partial charge in [0.1, 0.15) is 24.1 Å². The number of nitrogen functional groups attached to an aromatic ring is 1. The lowest BCUT2D eigenvalue weighted by molar-refractivity contribution is -0.147. The van der Waals surface area contributed by atoms with Gasteiger partial charge in [-0.1, -0.05) is 13.8 Å². The van der Waals surface area contributed by atoms with Gasteiger partial charge in [-0.05, 0) is 29.8 Å². The summed E-state index contributed by atoms with van der Waals surface area (Å²) in [6, 6.07) is 0. The zero-order chi connectivity index (χ0) is 29.5. The van der Waals surface area contributed by atoms with E-state index in [-0.39, 0.29) is 42.7 Å². The van der Waals surface area contributed by atoms with Gasteiger partial charge in [-0.3, -0.25) is 27.7 Å². The third kappa shape index (κ3) is 6.30. The topological polar surface area (TPSA) is 199 Å². The van der Waals surface area contributed by atoms with E-state index in [1.54, 1.807) is 27.7 Å². The summed E-state index contributed by atoms with van der Waals surface area (Å²) in [6.07, 6.45) is -3.84. The van der Waals surface area contributed by atoms with Crippen LogP contribution in [-0.4, -0.2) is 85.3 Å². The highest BCUT2D eigenvalue weighted by Crippen LogP contribution is 2.58. The minimum atomic E-state index is -4.36. The molecule has 0 bridgehead atoms. The third-order valence-electron chi connectivity index (χ3n) is 6.19. The van der Waals surface area contributed by atoms with E-state index in [1.165, 1.54) is 17.2 Å². The van der Waals surface area contributed by atoms with Gasteiger partial charge in [-0.25, -0.2) is 23.9 Å². The molecule has 0 radical (unpaired) electrons. The first kappa shape index (κ1) is 30.7. The predicted octanol–water partition coefficient (Wildman–Crippen LogP) is 1.75. The molecule has 2 aliphatic heterocycles. The first-order valence-corrected chi connectivity index (χ1v) is 14.6. The van der Waals surface area contributed by atoms with Crippen LogP contribution >= 0.6 is 23.8 Å². The number of phosphoric acid groups is 1. The van der Waals surface area contributed by atoms with E-state index < -0.39 is 60.8 Å². The highest BCUT2D eigenvalue weighted by Gasteiger charge is 2.58. The largest absolute Gasteiger partial charge is 0.475 e. The molecule has 2 aromatic rings. The highest BCUT2D eigenvalue weighted by atomic mass is 79.9. The number of aliphatic hydroxyl groups is 1. The number of nitrogens with zero attached hydrogens (tertiary/aromatic N) is 4. The number of carbonyl (C=O) groups is 2. The molecule has 18 heteroatoms. The van der Waals surface area contributed by atoms with Gasteiger partial charge >= 0.3 is 13.8 Å². The van der Waals surface area contributed by atoms with Gasteiger partial charge in [0.15, 0.2) is 23.8 Å². The van der Waals surface area contributed by atoms with Crippen molar-refractivity contribution in [2.75, 3.05) is 25.5 Å². The number of fused-ring (bicyclic) bond motifs is 1. The number of ether oxygens (including phenoxy) is 2. The number of phosphoric ester groups is 1. The summed E-state index contributed by atoms with van der Waals surface area (Å²) < 4.78 is 54.5. The first-order valence-electron chi connectivity index (χ1n) is 12.3. The van der Waals surface area contributed by atoms with Crippen LogP contribution in [0.4, 0.5) is 10.2 Å². The van der Waals surface area contributed by atoms with Gasteiger partial charge in [0.25, 0.3) is 0 Å². The lowest BCUT2D eigenvalue weighted by Gasteiger charge is -2.39. The van der Waals surface area contributed by atoms with Crippen LogP contribution in [-0.2, 0) is 37.2 Å².